The third-order valence-electron chi connectivity index (χ3n) is 3.50. The molecule has 0 aliphatic heterocycles. The molecule has 118 valence electrons. The van der Waals surface area contributed by atoms with Gasteiger partial charge in [-0.3, -0.25) is 20.0 Å². The number of amides is 1. The minimum atomic E-state index is -0.504. The highest BCUT2D eigenvalue weighted by atomic mass is 16.3. The van der Waals surface area contributed by atoms with E-state index in [2.05, 4.69) is 25.5 Å². The topological polar surface area (TPSA) is 117 Å². The molecule has 0 radical (unpaired) electrons. The monoisotopic (exact) mass is 321 g/mol. The molecule has 0 aliphatic rings. The summed E-state index contributed by atoms with van der Waals surface area (Å²) in [6.07, 6.45) is 3.02. The molecule has 0 unspecified atom stereocenters. The molecule has 0 saturated carbocycles. The number of pyridine rings is 1. The number of carbonyl (C=O) groups is 1. The van der Waals surface area contributed by atoms with Crippen LogP contribution in [0.3, 0.4) is 0 Å². The molecule has 0 atom stereocenters. The molecule has 0 bridgehead atoms. The first-order valence-electron chi connectivity index (χ1n) is 7.09. The largest absolute Gasteiger partial charge is 0.472 e. The van der Waals surface area contributed by atoms with E-state index in [0.29, 0.717) is 22.2 Å². The van der Waals surface area contributed by atoms with Crippen molar-refractivity contribution in [2.24, 2.45) is 0 Å². The normalized spacial score (nSPS) is 10.8. The second-order valence-electron chi connectivity index (χ2n) is 5.07. The number of nitrogens with zero attached hydrogens (tertiary/aromatic N) is 2. The summed E-state index contributed by atoms with van der Waals surface area (Å²) in [6.45, 7) is 0. The van der Waals surface area contributed by atoms with Gasteiger partial charge in [0.15, 0.2) is 5.82 Å². The van der Waals surface area contributed by atoms with Crippen molar-refractivity contribution in [3.63, 3.8) is 0 Å². The van der Waals surface area contributed by atoms with Crippen molar-refractivity contribution in [2.45, 2.75) is 0 Å². The molecular formula is C16H11N5O3. The minimum absolute atomic E-state index is 0.102. The summed E-state index contributed by atoms with van der Waals surface area (Å²) >= 11 is 0. The Labute approximate surface area is 134 Å². The Morgan fingerprint density at radius 1 is 1.21 bits per heavy atom. The van der Waals surface area contributed by atoms with Gasteiger partial charge in [-0.25, -0.2) is 0 Å². The Kier molecular flexibility index (Phi) is 3.20. The number of anilines is 1. The fourth-order valence-electron chi connectivity index (χ4n) is 2.35. The van der Waals surface area contributed by atoms with E-state index >= 15 is 0 Å². The Bertz CT molecular complexity index is 1080. The van der Waals surface area contributed by atoms with Gasteiger partial charge in [0.25, 0.3) is 11.5 Å². The number of H-pyrrole nitrogens is 2. The highest BCUT2D eigenvalue weighted by Gasteiger charge is 2.13. The third kappa shape index (κ3) is 2.45. The lowest BCUT2D eigenvalue weighted by Crippen LogP contribution is -2.19. The third-order valence-corrected chi connectivity index (χ3v) is 3.50. The van der Waals surface area contributed by atoms with Gasteiger partial charge in [-0.15, -0.1) is 5.10 Å². The Morgan fingerprint density at radius 2 is 2.08 bits per heavy atom. The molecular weight excluding hydrogens is 310 g/mol. The molecule has 4 rings (SSSR count). The number of furan rings is 1. The summed E-state index contributed by atoms with van der Waals surface area (Å²) in [7, 11) is 0. The first kappa shape index (κ1) is 13.9. The van der Waals surface area contributed by atoms with Gasteiger partial charge in [0.1, 0.15) is 12.0 Å². The smallest absolute Gasteiger partial charge is 0.274 e. The van der Waals surface area contributed by atoms with Crippen LogP contribution in [-0.2, 0) is 0 Å². The van der Waals surface area contributed by atoms with Crippen LogP contribution in [0.5, 0.6) is 0 Å². The lowest BCUT2D eigenvalue weighted by molar-refractivity contribution is 0.102. The number of benzene rings is 1. The van der Waals surface area contributed by atoms with E-state index in [9.17, 15) is 9.59 Å². The standard InChI is InChI=1S/C16H11N5O3/c22-14-11-4-2-1-3-9(11)7-12(17-14)15(23)19-16-18-13(20-21-16)10-5-6-24-8-10/h1-8H,(H,17,22)(H2,18,19,20,21,23). The van der Waals surface area contributed by atoms with Gasteiger partial charge in [-0.05, 0) is 23.6 Å². The van der Waals surface area contributed by atoms with Crippen LogP contribution in [0.4, 0.5) is 5.95 Å². The molecule has 1 amide bonds. The average molecular weight is 321 g/mol. The molecule has 1 aromatic carbocycles. The molecule has 3 heterocycles. The van der Waals surface area contributed by atoms with E-state index in [1.807, 2.05) is 0 Å². The van der Waals surface area contributed by atoms with Gasteiger partial charge >= 0.3 is 0 Å². The van der Waals surface area contributed by atoms with E-state index < -0.39 is 5.91 Å². The predicted molar refractivity (Wildman–Crippen MR) is 86.6 cm³/mol. The number of fused-ring (bicyclic) bond motifs is 1. The zero-order valence-electron chi connectivity index (χ0n) is 12.2. The van der Waals surface area contributed by atoms with E-state index in [1.54, 1.807) is 36.4 Å². The molecule has 8 heteroatoms. The molecule has 0 fully saturated rings. The molecule has 0 aliphatic carbocycles. The van der Waals surface area contributed by atoms with Crippen molar-refractivity contribution < 1.29 is 9.21 Å². The van der Waals surface area contributed by atoms with E-state index in [-0.39, 0.29) is 17.2 Å². The van der Waals surface area contributed by atoms with Crippen molar-refractivity contribution in [1.82, 2.24) is 20.2 Å². The van der Waals surface area contributed by atoms with Crippen LogP contribution in [0, 0.1) is 0 Å². The summed E-state index contributed by atoms with van der Waals surface area (Å²) in [5.74, 6) is 0.0619. The van der Waals surface area contributed by atoms with Crippen molar-refractivity contribution >= 4 is 22.6 Å². The van der Waals surface area contributed by atoms with Gasteiger partial charge < -0.3 is 9.40 Å². The summed E-state index contributed by atoms with van der Waals surface area (Å²) < 4.78 is 4.97. The molecule has 3 N–H and O–H groups in total. The highest BCUT2D eigenvalue weighted by Crippen LogP contribution is 2.16. The highest BCUT2D eigenvalue weighted by molar-refractivity contribution is 6.03. The quantitative estimate of drug-likeness (QED) is 0.534. The van der Waals surface area contributed by atoms with Crippen molar-refractivity contribution in [3.05, 3.63) is 65.0 Å². The van der Waals surface area contributed by atoms with E-state index in [0.717, 1.165) is 0 Å². The number of nitrogens with one attached hydrogen (secondary N) is 3. The number of hydrogen-bond acceptors (Lipinski definition) is 5. The van der Waals surface area contributed by atoms with Crippen LogP contribution in [0.1, 0.15) is 10.5 Å². The first-order chi connectivity index (χ1) is 11.7. The molecule has 0 spiro atoms. The predicted octanol–water partition coefficient (Wildman–Crippen LogP) is 2.16. The van der Waals surface area contributed by atoms with Gasteiger partial charge in [-0.2, -0.15) is 4.98 Å². The van der Waals surface area contributed by atoms with Crippen LogP contribution in [-0.4, -0.2) is 26.1 Å². The van der Waals surface area contributed by atoms with Crippen LogP contribution in [0.2, 0.25) is 0 Å². The number of rotatable bonds is 3. The van der Waals surface area contributed by atoms with Gasteiger partial charge in [0.05, 0.1) is 11.8 Å². The summed E-state index contributed by atoms with van der Waals surface area (Å²) in [5.41, 5.74) is 0.516. The summed E-state index contributed by atoms with van der Waals surface area (Å²) in [4.78, 5) is 31.1. The Morgan fingerprint density at radius 3 is 2.92 bits per heavy atom. The number of carbonyl (C=O) groups excluding carboxylic acids is 1. The molecule has 8 nitrogen and oxygen atoms in total. The van der Waals surface area contributed by atoms with Gasteiger partial charge in [-0.1, -0.05) is 18.2 Å². The fraction of sp³-hybridized carbons (Fsp3) is 0. The molecule has 4 aromatic rings. The summed E-state index contributed by atoms with van der Waals surface area (Å²) in [6, 6.07) is 10.4. The lowest BCUT2D eigenvalue weighted by atomic mass is 10.1. The van der Waals surface area contributed by atoms with E-state index in [4.69, 9.17) is 4.42 Å². The molecule has 0 saturated heterocycles. The Hall–Kier alpha value is -3.68. The Balaban J connectivity index is 1.62. The lowest BCUT2D eigenvalue weighted by Gasteiger charge is -2.03. The second kappa shape index (κ2) is 5.51. The zero-order chi connectivity index (χ0) is 16.5. The number of aromatic amines is 2. The first-order valence-corrected chi connectivity index (χ1v) is 7.09. The van der Waals surface area contributed by atoms with Crippen LogP contribution >= 0.6 is 0 Å². The van der Waals surface area contributed by atoms with Crippen LogP contribution in [0.25, 0.3) is 22.2 Å². The van der Waals surface area contributed by atoms with Gasteiger partial charge in [0, 0.05) is 5.39 Å². The SMILES string of the molecule is O=C(Nc1n[nH]c(-c2ccoc2)n1)c1cc2ccccc2c(=O)[nH]1. The van der Waals surface area contributed by atoms with Crippen molar-refractivity contribution in [3.8, 4) is 11.4 Å². The minimum Gasteiger partial charge on any atom is -0.472 e. The van der Waals surface area contributed by atoms with Crippen LogP contribution in [0.15, 0.2) is 58.1 Å². The summed E-state index contributed by atoms with van der Waals surface area (Å²) in [5, 5.41) is 10.4. The zero-order valence-corrected chi connectivity index (χ0v) is 12.2. The van der Waals surface area contributed by atoms with Crippen molar-refractivity contribution in [1.29, 1.82) is 0 Å². The maximum atomic E-state index is 12.3. The van der Waals surface area contributed by atoms with Crippen molar-refractivity contribution in [2.75, 3.05) is 5.32 Å². The van der Waals surface area contributed by atoms with Crippen LogP contribution < -0.4 is 10.9 Å². The number of aromatic nitrogens is 4. The number of hydrogen-bond donors (Lipinski definition) is 3. The maximum absolute atomic E-state index is 12.3. The fourth-order valence-corrected chi connectivity index (χ4v) is 2.35. The second-order valence-corrected chi connectivity index (χ2v) is 5.07. The van der Waals surface area contributed by atoms with E-state index in [1.165, 1.54) is 12.5 Å². The average Bonchev–Trinajstić information content (AvgIpc) is 3.26. The van der Waals surface area contributed by atoms with Gasteiger partial charge in [0.2, 0.25) is 5.95 Å². The molecule has 3 aromatic heterocycles. The maximum Gasteiger partial charge on any atom is 0.274 e. The molecule has 24 heavy (non-hydrogen) atoms.